The van der Waals surface area contributed by atoms with Crippen LogP contribution in [0.5, 0.6) is 0 Å². The topological polar surface area (TPSA) is 81.2 Å². The summed E-state index contributed by atoms with van der Waals surface area (Å²) in [5.41, 5.74) is 4.47. The van der Waals surface area contributed by atoms with Crippen LogP contribution in [0.1, 0.15) is 18.5 Å². The van der Waals surface area contributed by atoms with Gasteiger partial charge in [-0.25, -0.2) is 9.67 Å². The molecule has 0 unspecified atom stereocenters. The number of fused-ring (bicyclic) bond motifs is 2. The average Bonchev–Trinajstić information content (AvgIpc) is 3.43. The number of hydrogen-bond acceptors (Lipinski definition) is 7. The predicted molar refractivity (Wildman–Crippen MR) is 135 cm³/mol. The maximum atomic E-state index is 5.96. The first-order valence-corrected chi connectivity index (χ1v) is 15.3. The van der Waals surface area contributed by atoms with Gasteiger partial charge in [-0.15, -0.1) is 0 Å². The molecule has 0 spiro atoms. The van der Waals surface area contributed by atoms with Crippen LogP contribution in [-0.4, -0.2) is 47.5 Å². The molecule has 33 heavy (non-hydrogen) atoms. The van der Waals surface area contributed by atoms with Gasteiger partial charge in [0.15, 0.2) is 11.4 Å². The average molecular weight is 465 g/mol. The molecule has 174 valence electrons. The summed E-state index contributed by atoms with van der Waals surface area (Å²) in [6.45, 7) is 10.3. The number of nitrogens with one attached hydrogen (secondary N) is 1. The van der Waals surface area contributed by atoms with Crippen molar-refractivity contribution in [1.29, 1.82) is 0 Å². The number of anilines is 3. The molecule has 0 amide bonds. The van der Waals surface area contributed by atoms with Gasteiger partial charge in [-0.05, 0) is 44.0 Å². The van der Waals surface area contributed by atoms with Crippen LogP contribution in [-0.2, 0) is 11.5 Å². The van der Waals surface area contributed by atoms with Crippen molar-refractivity contribution in [3.8, 4) is 0 Å². The molecule has 0 atom stereocenters. The van der Waals surface area contributed by atoms with Crippen molar-refractivity contribution in [1.82, 2.24) is 19.7 Å². The number of hydrogen-bond donors (Lipinski definition) is 1. The molecule has 9 heteroatoms. The van der Waals surface area contributed by atoms with Crippen LogP contribution >= 0.6 is 0 Å². The predicted octanol–water partition coefficient (Wildman–Crippen LogP) is 5.54. The summed E-state index contributed by atoms with van der Waals surface area (Å²) in [5.74, 6) is 1.38. The maximum absolute atomic E-state index is 5.96. The van der Waals surface area contributed by atoms with Gasteiger partial charge < -0.3 is 19.4 Å². The highest BCUT2D eigenvalue weighted by Crippen LogP contribution is 2.34. The van der Waals surface area contributed by atoms with Crippen LogP contribution in [0, 0.1) is 6.92 Å². The van der Waals surface area contributed by atoms with Gasteiger partial charge in [-0.3, -0.25) is 0 Å². The number of aryl methyl sites for hydroxylation is 1. The normalized spacial score (nSPS) is 14.3. The minimum atomic E-state index is -1.12. The third kappa shape index (κ3) is 4.74. The van der Waals surface area contributed by atoms with Crippen molar-refractivity contribution in [2.24, 2.45) is 0 Å². The molecule has 0 saturated heterocycles. The zero-order valence-electron chi connectivity index (χ0n) is 20.1. The van der Waals surface area contributed by atoms with Gasteiger partial charge in [0.2, 0.25) is 5.95 Å². The molecule has 1 fully saturated rings. The van der Waals surface area contributed by atoms with Crippen LogP contribution in [0.25, 0.3) is 22.0 Å². The van der Waals surface area contributed by atoms with E-state index in [1.165, 1.54) is 12.8 Å². The Balaban J connectivity index is 1.39. The van der Waals surface area contributed by atoms with Crippen LogP contribution in [0.4, 0.5) is 17.5 Å². The second-order valence-electron chi connectivity index (χ2n) is 10.1. The largest absolute Gasteiger partial charge is 0.459 e. The summed E-state index contributed by atoms with van der Waals surface area (Å²) >= 11 is 0. The molecular weight excluding hydrogens is 432 g/mol. The summed E-state index contributed by atoms with van der Waals surface area (Å²) in [6, 6.07) is 9.77. The first-order chi connectivity index (χ1) is 15.8. The summed E-state index contributed by atoms with van der Waals surface area (Å²) < 4.78 is 13.6. The van der Waals surface area contributed by atoms with E-state index in [-0.39, 0.29) is 0 Å². The van der Waals surface area contributed by atoms with Crippen LogP contribution < -0.4 is 10.2 Å². The van der Waals surface area contributed by atoms with E-state index in [9.17, 15) is 0 Å². The molecule has 0 aliphatic heterocycles. The van der Waals surface area contributed by atoms with Crippen molar-refractivity contribution in [3.63, 3.8) is 0 Å². The molecule has 1 saturated carbocycles. The van der Waals surface area contributed by atoms with Crippen LogP contribution in [0.3, 0.4) is 0 Å². The molecule has 4 aromatic rings. The Morgan fingerprint density at radius 3 is 2.79 bits per heavy atom. The third-order valence-corrected chi connectivity index (χ3v) is 7.82. The lowest BCUT2D eigenvalue weighted by molar-refractivity contribution is 0.0815. The van der Waals surface area contributed by atoms with E-state index >= 15 is 0 Å². The van der Waals surface area contributed by atoms with Gasteiger partial charge in [0.05, 0.1) is 17.5 Å². The van der Waals surface area contributed by atoms with Crippen LogP contribution in [0.15, 0.2) is 34.9 Å². The lowest BCUT2D eigenvalue weighted by atomic mass is 10.2. The molecular formula is C24H32N6O2Si. The molecule has 8 nitrogen and oxygen atoms in total. The Labute approximate surface area is 195 Å². The highest BCUT2D eigenvalue weighted by Gasteiger charge is 2.29. The van der Waals surface area contributed by atoms with Crippen LogP contribution in [0.2, 0.25) is 25.7 Å². The number of furan rings is 1. The molecule has 3 heterocycles. The molecule has 0 bridgehead atoms. The zero-order chi connectivity index (χ0) is 23.2. The number of aromatic nitrogens is 4. The third-order valence-electron chi connectivity index (χ3n) is 6.12. The van der Waals surface area contributed by atoms with Gasteiger partial charge in [-0.2, -0.15) is 10.1 Å². The number of benzene rings is 1. The van der Waals surface area contributed by atoms with E-state index in [0.717, 1.165) is 51.9 Å². The molecule has 3 aromatic heterocycles. The van der Waals surface area contributed by atoms with E-state index in [0.29, 0.717) is 18.7 Å². The first-order valence-electron chi connectivity index (χ1n) is 11.6. The lowest BCUT2D eigenvalue weighted by Crippen LogP contribution is -2.22. The maximum Gasteiger partial charge on any atom is 0.229 e. The zero-order valence-corrected chi connectivity index (χ0v) is 21.1. The van der Waals surface area contributed by atoms with E-state index in [1.807, 2.05) is 23.7 Å². The highest BCUT2D eigenvalue weighted by molar-refractivity contribution is 6.76. The number of nitrogens with zero attached hydrogens (tertiary/aromatic N) is 5. The molecule has 0 radical (unpaired) electrons. The summed E-state index contributed by atoms with van der Waals surface area (Å²) in [5, 5.41) is 9.20. The smallest absolute Gasteiger partial charge is 0.229 e. The van der Waals surface area contributed by atoms with Crippen molar-refractivity contribution >= 4 is 47.5 Å². The molecule has 1 aromatic carbocycles. The minimum Gasteiger partial charge on any atom is -0.459 e. The lowest BCUT2D eigenvalue weighted by Gasteiger charge is -2.18. The first kappa shape index (κ1) is 21.9. The Morgan fingerprint density at radius 1 is 1.21 bits per heavy atom. The molecule has 1 aliphatic carbocycles. The summed E-state index contributed by atoms with van der Waals surface area (Å²) in [4.78, 5) is 11.6. The Bertz CT molecular complexity index is 1290. The summed E-state index contributed by atoms with van der Waals surface area (Å²) in [6.07, 6.45) is 4.04. The van der Waals surface area contributed by atoms with E-state index in [4.69, 9.17) is 19.2 Å². The fraction of sp³-hybridized carbons (Fsp3) is 0.458. The fourth-order valence-corrected chi connectivity index (χ4v) is 4.71. The number of rotatable bonds is 9. The molecule has 1 N–H and O–H groups in total. The summed E-state index contributed by atoms with van der Waals surface area (Å²) in [7, 11) is 0.955. The van der Waals surface area contributed by atoms with E-state index in [2.05, 4.69) is 54.0 Å². The van der Waals surface area contributed by atoms with Gasteiger partial charge in [0.1, 0.15) is 12.2 Å². The van der Waals surface area contributed by atoms with Crippen molar-refractivity contribution in [2.75, 3.05) is 23.9 Å². The van der Waals surface area contributed by atoms with Crippen molar-refractivity contribution in [2.45, 2.75) is 58.2 Å². The highest BCUT2D eigenvalue weighted by atomic mass is 28.3. The Kier molecular flexibility index (Phi) is 5.61. The van der Waals surface area contributed by atoms with Gasteiger partial charge in [-0.1, -0.05) is 19.6 Å². The van der Waals surface area contributed by atoms with Gasteiger partial charge in [0.25, 0.3) is 0 Å². The van der Waals surface area contributed by atoms with Gasteiger partial charge in [0, 0.05) is 44.9 Å². The van der Waals surface area contributed by atoms with Crippen molar-refractivity contribution < 1.29 is 9.15 Å². The fourth-order valence-electron chi connectivity index (χ4n) is 3.95. The standard InChI is InChI=1S/C24H32N6O2Si/c1-16-19-9-6-17(14-21(19)30(28-16)15-31-12-13-33(3,4)5)25-24-26-20-10-11-32-22(20)23(27-24)29(2)18-7-8-18/h6,9-11,14,18H,7-8,12-13,15H2,1-5H3,(H,25,26,27). The molecule has 1 aliphatic rings. The minimum absolute atomic E-state index is 0.450. The SMILES string of the molecule is Cc1nn(COCC[Si](C)(C)C)c2cc(Nc3nc(N(C)C4CC4)c4occc4n3)ccc12. The second kappa shape index (κ2) is 8.46. The molecule has 5 rings (SSSR count). The Morgan fingerprint density at radius 2 is 2.03 bits per heavy atom. The Hall–Kier alpha value is -2.91. The quantitative estimate of drug-likeness (QED) is 0.257. The van der Waals surface area contributed by atoms with E-state index < -0.39 is 8.07 Å². The monoisotopic (exact) mass is 464 g/mol. The number of ether oxygens (including phenoxy) is 1. The van der Waals surface area contributed by atoms with Crippen molar-refractivity contribution in [3.05, 3.63) is 36.2 Å². The van der Waals surface area contributed by atoms with E-state index in [1.54, 1.807) is 6.26 Å². The van der Waals surface area contributed by atoms with Gasteiger partial charge >= 0.3 is 0 Å². The second-order valence-corrected chi connectivity index (χ2v) is 15.8.